The first-order valence-corrected chi connectivity index (χ1v) is 8.77. The van der Waals surface area contributed by atoms with Gasteiger partial charge < -0.3 is 10.2 Å². The first-order valence-electron chi connectivity index (χ1n) is 8.77. The molecule has 1 atom stereocenters. The Hall–Kier alpha value is -2.69. The summed E-state index contributed by atoms with van der Waals surface area (Å²) < 4.78 is 0. The second kappa shape index (κ2) is 8.42. The number of nitrogens with one attached hydrogen (secondary N) is 1. The van der Waals surface area contributed by atoms with Gasteiger partial charge in [-0.2, -0.15) is 0 Å². The number of carbonyl (C=O) groups excluding carboxylic acids is 2. The minimum absolute atomic E-state index is 0.0711. The zero-order valence-electron chi connectivity index (χ0n) is 14.2. The molecule has 0 bridgehead atoms. The van der Waals surface area contributed by atoms with Crippen LogP contribution in [-0.2, 0) is 9.59 Å². The Morgan fingerprint density at radius 3 is 2.64 bits per heavy atom. The summed E-state index contributed by atoms with van der Waals surface area (Å²) in [5.41, 5.74) is 1.75. The molecule has 1 aliphatic heterocycles. The van der Waals surface area contributed by atoms with Crippen LogP contribution in [0.25, 0.3) is 0 Å². The molecule has 1 aromatic heterocycles. The fourth-order valence-corrected chi connectivity index (χ4v) is 3.11. The number of nitrogens with zero attached hydrogens (tertiary/aromatic N) is 2. The molecule has 0 radical (unpaired) electrons. The molecule has 2 amide bonds. The lowest BCUT2D eigenvalue weighted by Crippen LogP contribution is -2.42. The number of rotatable bonds is 5. The zero-order chi connectivity index (χ0) is 17.5. The number of benzene rings is 1. The molecule has 25 heavy (non-hydrogen) atoms. The normalized spacial score (nSPS) is 16.2. The van der Waals surface area contributed by atoms with Crippen LogP contribution < -0.4 is 5.32 Å². The van der Waals surface area contributed by atoms with Crippen molar-refractivity contribution in [2.45, 2.75) is 31.7 Å². The minimum Gasteiger partial charge on any atom is -0.342 e. The molecule has 1 fully saturated rings. The summed E-state index contributed by atoms with van der Waals surface area (Å²) in [4.78, 5) is 30.8. The van der Waals surface area contributed by atoms with Crippen LogP contribution in [0.15, 0.2) is 54.7 Å². The van der Waals surface area contributed by atoms with Gasteiger partial charge in [0.1, 0.15) is 0 Å². The molecule has 1 aliphatic rings. The highest BCUT2D eigenvalue weighted by Gasteiger charge is 2.22. The third-order valence-electron chi connectivity index (χ3n) is 4.43. The summed E-state index contributed by atoms with van der Waals surface area (Å²) in [6.45, 7) is 0.765. The van der Waals surface area contributed by atoms with Gasteiger partial charge in [0.25, 0.3) is 0 Å². The fourth-order valence-electron chi connectivity index (χ4n) is 3.11. The van der Waals surface area contributed by atoms with Gasteiger partial charge in [0, 0.05) is 19.2 Å². The molecule has 5 heteroatoms. The predicted molar refractivity (Wildman–Crippen MR) is 95.7 cm³/mol. The first-order chi connectivity index (χ1) is 12.2. The Kier molecular flexibility index (Phi) is 5.77. The van der Waals surface area contributed by atoms with Crippen molar-refractivity contribution < 1.29 is 9.59 Å². The smallest absolute Gasteiger partial charge is 0.240 e. The molecule has 3 rings (SSSR count). The standard InChI is InChI=1S/C20H23N3O2/c24-18(15-23-14-8-2-5-12-19(23)25)22-20(16-9-3-1-4-10-16)17-11-6-7-13-21-17/h1,3-4,6-7,9-11,13,20H,2,5,8,12,14-15H2,(H,22,24). The lowest BCUT2D eigenvalue weighted by molar-refractivity contribution is -0.135. The van der Waals surface area contributed by atoms with E-state index in [9.17, 15) is 9.59 Å². The van der Waals surface area contributed by atoms with Gasteiger partial charge in [-0.05, 0) is 30.5 Å². The van der Waals surface area contributed by atoms with E-state index in [0.29, 0.717) is 13.0 Å². The number of hydrogen-bond donors (Lipinski definition) is 1. The van der Waals surface area contributed by atoms with E-state index in [4.69, 9.17) is 0 Å². The number of pyridine rings is 1. The highest BCUT2D eigenvalue weighted by Crippen LogP contribution is 2.20. The van der Waals surface area contributed by atoms with E-state index < -0.39 is 0 Å². The van der Waals surface area contributed by atoms with E-state index in [-0.39, 0.29) is 24.4 Å². The van der Waals surface area contributed by atoms with Crippen molar-refractivity contribution >= 4 is 11.8 Å². The van der Waals surface area contributed by atoms with Crippen LogP contribution in [0.1, 0.15) is 43.0 Å². The molecule has 0 saturated carbocycles. The van der Waals surface area contributed by atoms with Crippen LogP contribution in [0.3, 0.4) is 0 Å². The Morgan fingerprint density at radius 2 is 1.88 bits per heavy atom. The molecule has 5 nitrogen and oxygen atoms in total. The molecular formula is C20H23N3O2. The second-order valence-corrected chi connectivity index (χ2v) is 6.29. The number of carbonyl (C=O) groups is 2. The van der Waals surface area contributed by atoms with Gasteiger partial charge in [-0.1, -0.05) is 42.8 Å². The van der Waals surface area contributed by atoms with Crippen molar-refractivity contribution in [2.24, 2.45) is 0 Å². The third-order valence-corrected chi connectivity index (χ3v) is 4.43. The van der Waals surface area contributed by atoms with Crippen molar-refractivity contribution in [1.29, 1.82) is 0 Å². The predicted octanol–water partition coefficient (Wildman–Crippen LogP) is 2.69. The Labute approximate surface area is 148 Å². The fraction of sp³-hybridized carbons (Fsp3) is 0.350. The molecule has 2 heterocycles. The molecule has 1 N–H and O–H groups in total. The minimum atomic E-state index is -0.322. The van der Waals surface area contributed by atoms with Gasteiger partial charge in [-0.25, -0.2) is 0 Å². The summed E-state index contributed by atoms with van der Waals surface area (Å²) in [6, 6.07) is 15.1. The lowest BCUT2D eigenvalue weighted by Gasteiger charge is -2.23. The van der Waals surface area contributed by atoms with Crippen LogP contribution >= 0.6 is 0 Å². The number of amides is 2. The van der Waals surface area contributed by atoms with Crippen LogP contribution in [0, 0.1) is 0 Å². The maximum Gasteiger partial charge on any atom is 0.240 e. The largest absolute Gasteiger partial charge is 0.342 e. The summed E-state index contributed by atoms with van der Waals surface area (Å²) in [7, 11) is 0. The van der Waals surface area contributed by atoms with E-state index in [2.05, 4.69) is 10.3 Å². The monoisotopic (exact) mass is 337 g/mol. The Bertz CT molecular complexity index is 664. The van der Waals surface area contributed by atoms with Crippen molar-refractivity contribution in [2.75, 3.05) is 13.1 Å². The van der Waals surface area contributed by atoms with Gasteiger partial charge in [0.2, 0.25) is 11.8 Å². The summed E-state index contributed by atoms with van der Waals surface area (Å²) in [6.07, 6.45) is 5.18. The van der Waals surface area contributed by atoms with E-state index in [0.717, 1.165) is 30.5 Å². The SMILES string of the molecule is O=C(CN1CCCCCC1=O)NC(c1ccccc1)c1ccccn1. The van der Waals surface area contributed by atoms with Gasteiger partial charge >= 0.3 is 0 Å². The van der Waals surface area contributed by atoms with Gasteiger partial charge in [0.05, 0.1) is 18.3 Å². The van der Waals surface area contributed by atoms with E-state index in [1.807, 2.05) is 48.5 Å². The van der Waals surface area contributed by atoms with Gasteiger partial charge in [0.15, 0.2) is 0 Å². The molecule has 0 aliphatic carbocycles. The number of likely N-dealkylation sites (tertiary alicyclic amines) is 1. The molecule has 1 aromatic carbocycles. The Balaban J connectivity index is 1.74. The maximum atomic E-state index is 12.6. The second-order valence-electron chi connectivity index (χ2n) is 6.29. The van der Waals surface area contributed by atoms with E-state index in [1.54, 1.807) is 11.1 Å². The van der Waals surface area contributed by atoms with Crippen LogP contribution in [0.4, 0.5) is 0 Å². The molecule has 1 saturated heterocycles. The molecule has 130 valence electrons. The zero-order valence-corrected chi connectivity index (χ0v) is 14.2. The summed E-state index contributed by atoms with van der Waals surface area (Å²) in [5.74, 6) is -0.0866. The van der Waals surface area contributed by atoms with E-state index in [1.165, 1.54) is 0 Å². The van der Waals surface area contributed by atoms with Crippen LogP contribution in [0.5, 0.6) is 0 Å². The van der Waals surface area contributed by atoms with Crippen LogP contribution in [-0.4, -0.2) is 34.8 Å². The van der Waals surface area contributed by atoms with Crippen LogP contribution in [0.2, 0.25) is 0 Å². The highest BCUT2D eigenvalue weighted by atomic mass is 16.2. The highest BCUT2D eigenvalue weighted by molar-refractivity contribution is 5.85. The van der Waals surface area contributed by atoms with Gasteiger partial charge in [-0.3, -0.25) is 14.6 Å². The number of hydrogen-bond acceptors (Lipinski definition) is 3. The van der Waals surface area contributed by atoms with E-state index >= 15 is 0 Å². The topological polar surface area (TPSA) is 62.3 Å². The molecule has 0 spiro atoms. The van der Waals surface area contributed by atoms with Crippen molar-refractivity contribution in [3.8, 4) is 0 Å². The van der Waals surface area contributed by atoms with Gasteiger partial charge in [-0.15, -0.1) is 0 Å². The van der Waals surface area contributed by atoms with Crippen molar-refractivity contribution in [3.63, 3.8) is 0 Å². The quantitative estimate of drug-likeness (QED) is 0.912. The lowest BCUT2D eigenvalue weighted by atomic mass is 10.0. The summed E-state index contributed by atoms with van der Waals surface area (Å²) >= 11 is 0. The summed E-state index contributed by atoms with van der Waals surface area (Å²) in [5, 5.41) is 3.04. The van der Waals surface area contributed by atoms with Crippen molar-refractivity contribution in [3.05, 3.63) is 66.0 Å². The molecule has 1 unspecified atom stereocenters. The average Bonchev–Trinajstić information content (AvgIpc) is 2.86. The van der Waals surface area contributed by atoms with Crippen molar-refractivity contribution in [1.82, 2.24) is 15.2 Å². The Morgan fingerprint density at radius 1 is 1.08 bits per heavy atom. The maximum absolute atomic E-state index is 12.6. The number of aromatic nitrogens is 1. The average molecular weight is 337 g/mol. The molecule has 2 aromatic rings. The molecular weight excluding hydrogens is 314 g/mol. The first kappa shape index (κ1) is 17.1. The third kappa shape index (κ3) is 4.66.